The summed E-state index contributed by atoms with van der Waals surface area (Å²) in [4.78, 5) is 16.9. The molecule has 0 N–H and O–H groups in total. The first-order valence-corrected chi connectivity index (χ1v) is 3.35. The summed E-state index contributed by atoms with van der Waals surface area (Å²) in [6.45, 7) is 1.35. The number of fused-ring (bicyclic) bond motifs is 1. The summed E-state index contributed by atoms with van der Waals surface area (Å²) in [5.74, 6) is 1.26. The Kier molecular flexibility index (Phi) is 1.09. The number of aliphatic imine (C=N–C) groups is 1. The van der Waals surface area contributed by atoms with Gasteiger partial charge in [0.1, 0.15) is 5.82 Å². The Hall–Kier alpha value is -1.12. The second kappa shape index (κ2) is 1.94. The zero-order valence-electron chi connectivity index (χ0n) is 5.58. The molecule has 0 saturated heterocycles. The zero-order valence-corrected chi connectivity index (χ0v) is 5.58. The Morgan fingerprint density at radius 1 is 1.60 bits per heavy atom. The van der Waals surface area contributed by atoms with Crippen LogP contribution in [0.1, 0.15) is 6.42 Å². The molecule has 0 unspecified atom stereocenters. The lowest BCUT2D eigenvalue weighted by molar-refractivity contribution is -0.119. The molecule has 0 radical (unpaired) electrons. The van der Waals surface area contributed by atoms with Gasteiger partial charge in [0.15, 0.2) is 5.78 Å². The Balaban J connectivity index is 2.25. The third-order valence-corrected chi connectivity index (χ3v) is 1.73. The third kappa shape index (κ3) is 0.744. The van der Waals surface area contributed by atoms with Crippen LogP contribution in [0, 0.1) is 0 Å². The second-order valence-electron chi connectivity index (χ2n) is 2.50. The molecule has 0 spiro atoms. The fraction of sp³-hybridized carbons (Fsp3) is 0.429. The first-order valence-electron chi connectivity index (χ1n) is 3.35. The highest BCUT2D eigenvalue weighted by molar-refractivity contribution is 5.84. The van der Waals surface area contributed by atoms with Crippen molar-refractivity contribution in [2.24, 2.45) is 4.99 Å². The highest BCUT2D eigenvalue weighted by Crippen LogP contribution is 2.15. The number of carbonyl (C=O) groups excluding carboxylic acids is 1. The summed E-state index contributed by atoms with van der Waals surface area (Å²) >= 11 is 0. The van der Waals surface area contributed by atoms with Crippen LogP contribution >= 0.6 is 0 Å². The number of ketones is 1. The van der Waals surface area contributed by atoms with Gasteiger partial charge in [0.25, 0.3) is 0 Å². The minimum absolute atomic E-state index is 0.286. The van der Waals surface area contributed by atoms with Crippen molar-refractivity contribution >= 4 is 12.0 Å². The van der Waals surface area contributed by atoms with Gasteiger partial charge in [-0.2, -0.15) is 0 Å². The predicted octanol–water partition coefficient (Wildman–Crippen LogP) is 0.187. The van der Waals surface area contributed by atoms with Gasteiger partial charge in [0, 0.05) is 12.6 Å². The zero-order chi connectivity index (χ0) is 6.97. The molecule has 52 valence electrons. The maximum Gasteiger partial charge on any atom is 0.156 e. The molecule has 0 amide bonds. The SMILES string of the molecule is O=C1CC=C2N=CCN2C1. The summed E-state index contributed by atoms with van der Waals surface area (Å²) in [5, 5.41) is 0. The Bertz CT molecular complexity index is 230. The summed E-state index contributed by atoms with van der Waals surface area (Å²) in [5.41, 5.74) is 0. The minimum atomic E-state index is 0.286. The van der Waals surface area contributed by atoms with Gasteiger partial charge in [-0.1, -0.05) is 0 Å². The highest BCUT2D eigenvalue weighted by atomic mass is 16.1. The van der Waals surface area contributed by atoms with Crippen molar-refractivity contribution in [3.05, 3.63) is 11.9 Å². The van der Waals surface area contributed by atoms with E-state index < -0.39 is 0 Å². The fourth-order valence-corrected chi connectivity index (χ4v) is 1.22. The molecule has 0 aromatic rings. The number of carbonyl (C=O) groups is 1. The van der Waals surface area contributed by atoms with Crippen molar-refractivity contribution in [2.45, 2.75) is 6.42 Å². The lowest BCUT2D eigenvalue weighted by atomic mass is 10.2. The standard InChI is InChI=1S/C7H8N2O/c10-6-1-2-7-8-3-4-9(7)5-6/h2-3H,1,4-5H2. The maximum atomic E-state index is 10.9. The Morgan fingerprint density at radius 3 is 3.40 bits per heavy atom. The normalized spacial score (nSPS) is 23.0. The van der Waals surface area contributed by atoms with Crippen LogP contribution < -0.4 is 0 Å². The van der Waals surface area contributed by atoms with E-state index in [1.165, 1.54) is 0 Å². The summed E-state index contributed by atoms with van der Waals surface area (Å²) in [7, 11) is 0. The average molecular weight is 136 g/mol. The Labute approximate surface area is 59.0 Å². The van der Waals surface area contributed by atoms with Gasteiger partial charge in [-0.15, -0.1) is 0 Å². The Morgan fingerprint density at radius 2 is 2.50 bits per heavy atom. The molecule has 2 rings (SSSR count). The van der Waals surface area contributed by atoms with E-state index in [0.717, 1.165) is 12.4 Å². The number of hydrogen-bond acceptors (Lipinski definition) is 3. The molecular weight excluding hydrogens is 128 g/mol. The number of Topliss-reactive ketones (excluding diaryl/α,β-unsaturated/α-hetero) is 1. The maximum absolute atomic E-state index is 10.9. The van der Waals surface area contributed by atoms with Crippen molar-refractivity contribution in [1.29, 1.82) is 0 Å². The monoisotopic (exact) mass is 136 g/mol. The molecule has 0 aromatic heterocycles. The molecule has 0 aliphatic carbocycles. The van der Waals surface area contributed by atoms with E-state index in [1.807, 2.05) is 17.2 Å². The van der Waals surface area contributed by atoms with E-state index >= 15 is 0 Å². The van der Waals surface area contributed by atoms with Gasteiger partial charge in [-0.05, 0) is 6.08 Å². The van der Waals surface area contributed by atoms with Crippen LogP contribution in [0.15, 0.2) is 16.9 Å². The number of allylic oxidation sites excluding steroid dienone is 1. The molecule has 0 aromatic carbocycles. The molecule has 10 heavy (non-hydrogen) atoms. The molecule has 2 aliphatic heterocycles. The van der Waals surface area contributed by atoms with Crippen LogP contribution in [0.3, 0.4) is 0 Å². The van der Waals surface area contributed by atoms with Crippen molar-refractivity contribution < 1.29 is 4.79 Å². The van der Waals surface area contributed by atoms with Crippen LogP contribution in [0.25, 0.3) is 0 Å². The van der Waals surface area contributed by atoms with E-state index in [9.17, 15) is 4.79 Å². The molecule has 3 nitrogen and oxygen atoms in total. The summed E-state index contributed by atoms with van der Waals surface area (Å²) in [6.07, 6.45) is 4.28. The topological polar surface area (TPSA) is 32.7 Å². The van der Waals surface area contributed by atoms with E-state index in [-0.39, 0.29) is 5.78 Å². The smallest absolute Gasteiger partial charge is 0.156 e. The van der Waals surface area contributed by atoms with Gasteiger partial charge in [0.2, 0.25) is 0 Å². The van der Waals surface area contributed by atoms with Crippen LogP contribution in [0.5, 0.6) is 0 Å². The van der Waals surface area contributed by atoms with E-state index in [0.29, 0.717) is 13.0 Å². The van der Waals surface area contributed by atoms with Gasteiger partial charge < -0.3 is 4.90 Å². The van der Waals surface area contributed by atoms with Gasteiger partial charge >= 0.3 is 0 Å². The highest BCUT2D eigenvalue weighted by Gasteiger charge is 2.19. The first kappa shape index (κ1) is 5.65. The molecule has 0 saturated carbocycles. The van der Waals surface area contributed by atoms with Crippen LogP contribution in [0.4, 0.5) is 0 Å². The van der Waals surface area contributed by atoms with E-state index in [4.69, 9.17) is 0 Å². The van der Waals surface area contributed by atoms with Crippen molar-refractivity contribution in [2.75, 3.05) is 13.1 Å². The van der Waals surface area contributed by atoms with Crippen LogP contribution in [0.2, 0.25) is 0 Å². The lowest BCUT2D eigenvalue weighted by Crippen LogP contribution is -2.29. The summed E-state index contributed by atoms with van der Waals surface area (Å²) < 4.78 is 0. The molecule has 0 bridgehead atoms. The minimum Gasteiger partial charge on any atom is -0.344 e. The second-order valence-corrected chi connectivity index (χ2v) is 2.50. The fourth-order valence-electron chi connectivity index (χ4n) is 1.22. The number of rotatable bonds is 0. The third-order valence-electron chi connectivity index (χ3n) is 1.73. The quantitative estimate of drug-likeness (QED) is 0.476. The number of nitrogens with zero attached hydrogens (tertiary/aromatic N) is 2. The van der Waals surface area contributed by atoms with Crippen molar-refractivity contribution in [1.82, 2.24) is 4.90 Å². The first-order chi connectivity index (χ1) is 4.86. The molecule has 2 heterocycles. The van der Waals surface area contributed by atoms with Gasteiger partial charge in [0.05, 0.1) is 13.1 Å². The van der Waals surface area contributed by atoms with Gasteiger partial charge in [-0.3, -0.25) is 4.79 Å². The molecule has 0 atom stereocenters. The molecule has 2 aliphatic rings. The van der Waals surface area contributed by atoms with Crippen molar-refractivity contribution in [3.63, 3.8) is 0 Å². The van der Waals surface area contributed by atoms with E-state index in [2.05, 4.69) is 4.99 Å². The van der Waals surface area contributed by atoms with Gasteiger partial charge in [-0.25, -0.2) is 4.99 Å². The predicted molar refractivity (Wildman–Crippen MR) is 37.8 cm³/mol. The average Bonchev–Trinajstić information content (AvgIpc) is 2.33. The van der Waals surface area contributed by atoms with Crippen molar-refractivity contribution in [3.8, 4) is 0 Å². The number of hydrogen-bond donors (Lipinski definition) is 0. The van der Waals surface area contributed by atoms with Crippen LogP contribution in [-0.4, -0.2) is 30.0 Å². The summed E-state index contributed by atoms with van der Waals surface area (Å²) in [6, 6.07) is 0. The molecule has 0 fully saturated rings. The largest absolute Gasteiger partial charge is 0.344 e. The molecular formula is C7H8N2O. The lowest BCUT2D eigenvalue weighted by Gasteiger charge is -2.20. The molecule has 3 heteroatoms. The van der Waals surface area contributed by atoms with E-state index in [1.54, 1.807) is 0 Å². The van der Waals surface area contributed by atoms with Crippen LogP contribution in [-0.2, 0) is 4.79 Å².